The van der Waals surface area contributed by atoms with Crippen molar-refractivity contribution in [2.24, 2.45) is 10.8 Å². The lowest BCUT2D eigenvalue weighted by molar-refractivity contribution is -0.0589. The Hall–Kier alpha value is -0.0800. The van der Waals surface area contributed by atoms with Gasteiger partial charge < -0.3 is 9.84 Å². The lowest BCUT2D eigenvalue weighted by Crippen LogP contribution is -2.41. The molecule has 1 saturated carbocycles. The quantitative estimate of drug-likeness (QED) is 0.711. The summed E-state index contributed by atoms with van der Waals surface area (Å²) in [6.45, 7) is 6.04. The maximum atomic E-state index is 9.82. The third-order valence-corrected chi connectivity index (χ3v) is 4.39. The van der Waals surface area contributed by atoms with Crippen molar-refractivity contribution in [3.63, 3.8) is 0 Å². The van der Waals surface area contributed by atoms with Gasteiger partial charge in [0.2, 0.25) is 0 Å². The van der Waals surface area contributed by atoms with Crippen molar-refractivity contribution in [1.82, 2.24) is 0 Å². The van der Waals surface area contributed by atoms with Crippen molar-refractivity contribution in [2.75, 3.05) is 13.2 Å². The molecule has 13 heavy (non-hydrogen) atoms. The Balaban J connectivity index is 2.13. The predicted octanol–water partition coefficient (Wildman–Crippen LogP) is 1.96. The van der Waals surface area contributed by atoms with Crippen molar-refractivity contribution < 1.29 is 9.84 Å². The van der Waals surface area contributed by atoms with Crippen LogP contribution in [0.3, 0.4) is 0 Å². The van der Waals surface area contributed by atoms with E-state index in [9.17, 15) is 5.11 Å². The highest BCUT2D eigenvalue weighted by atomic mass is 16.5. The second kappa shape index (κ2) is 2.96. The van der Waals surface area contributed by atoms with E-state index in [1.165, 1.54) is 12.8 Å². The number of aliphatic hydroxyl groups excluding tert-OH is 1. The second-order valence-electron chi connectivity index (χ2n) is 5.01. The van der Waals surface area contributed by atoms with Gasteiger partial charge in [0.05, 0.1) is 6.10 Å². The van der Waals surface area contributed by atoms with Crippen molar-refractivity contribution in [3.8, 4) is 0 Å². The van der Waals surface area contributed by atoms with Crippen LogP contribution in [0.25, 0.3) is 0 Å². The number of aliphatic hydroxyl groups is 1. The lowest BCUT2D eigenvalue weighted by Gasteiger charge is -2.43. The van der Waals surface area contributed by atoms with Crippen LogP contribution in [-0.2, 0) is 4.74 Å². The van der Waals surface area contributed by atoms with Crippen molar-refractivity contribution in [2.45, 2.75) is 45.6 Å². The minimum absolute atomic E-state index is 0.143. The van der Waals surface area contributed by atoms with E-state index in [0.717, 1.165) is 26.1 Å². The minimum Gasteiger partial charge on any atom is -0.393 e. The van der Waals surface area contributed by atoms with Crippen molar-refractivity contribution in [3.05, 3.63) is 0 Å². The maximum Gasteiger partial charge on any atom is 0.0573 e. The molecule has 1 aliphatic heterocycles. The monoisotopic (exact) mass is 184 g/mol. The van der Waals surface area contributed by atoms with Gasteiger partial charge in [-0.3, -0.25) is 0 Å². The van der Waals surface area contributed by atoms with Crippen LogP contribution in [0, 0.1) is 10.8 Å². The molecule has 1 saturated heterocycles. The average Bonchev–Trinajstić information content (AvgIpc) is 2.85. The number of hydrogen-bond donors (Lipinski definition) is 1. The van der Waals surface area contributed by atoms with Crippen LogP contribution < -0.4 is 0 Å². The van der Waals surface area contributed by atoms with Gasteiger partial charge in [-0.05, 0) is 38.0 Å². The van der Waals surface area contributed by atoms with E-state index in [4.69, 9.17) is 4.74 Å². The molecular formula is C11H20O2. The standard InChI is InChI=1S/C11H20O2/c1-9(12)11(3-4-11)10(2)5-7-13-8-6-10/h9,12H,3-8H2,1-2H3. The summed E-state index contributed by atoms with van der Waals surface area (Å²) < 4.78 is 5.39. The molecule has 0 spiro atoms. The maximum absolute atomic E-state index is 9.82. The molecule has 2 aliphatic rings. The van der Waals surface area contributed by atoms with Gasteiger partial charge in [0.1, 0.15) is 0 Å². The SMILES string of the molecule is CC(O)C1(C2(C)CCOCC2)CC1. The van der Waals surface area contributed by atoms with Gasteiger partial charge in [-0.15, -0.1) is 0 Å². The fourth-order valence-electron chi connectivity index (χ4n) is 2.98. The van der Waals surface area contributed by atoms with Gasteiger partial charge in [0, 0.05) is 18.6 Å². The van der Waals surface area contributed by atoms with E-state index < -0.39 is 0 Å². The van der Waals surface area contributed by atoms with Crippen LogP contribution in [0.5, 0.6) is 0 Å². The van der Waals surface area contributed by atoms with Gasteiger partial charge in [-0.2, -0.15) is 0 Å². The highest BCUT2D eigenvalue weighted by Crippen LogP contribution is 2.64. The fourth-order valence-corrected chi connectivity index (χ4v) is 2.98. The fraction of sp³-hybridized carbons (Fsp3) is 1.00. The molecule has 2 fully saturated rings. The number of ether oxygens (including phenoxy) is 1. The smallest absolute Gasteiger partial charge is 0.0573 e. The summed E-state index contributed by atoms with van der Waals surface area (Å²) in [5.74, 6) is 0. The van der Waals surface area contributed by atoms with Gasteiger partial charge in [-0.25, -0.2) is 0 Å². The summed E-state index contributed by atoms with van der Waals surface area (Å²) >= 11 is 0. The van der Waals surface area contributed by atoms with Crippen LogP contribution >= 0.6 is 0 Å². The van der Waals surface area contributed by atoms with Crippen molar-refractivity contribution >= 4 is 0 Å². The second-order valence-corrected chi connectivity index (χ2v) is 5.01. The molecule has 2 nitrogen and oxygen atoms in total. The molecule has 0 radical (unpaired) electrons. The molecular weight excluding hydrogens is 164 g/mol. The molecule has 1 atom stereocenters. The Bertz CT molecular complexity index is 188. The molecule has 1 aliphatic carbocycles. The first-order valence-electron chi connectivity index (χ1n) is 5.37. The van der Waals surface area contributed by atoms with Crippen molar-refractivity contribution in [1.29, 1.82) is 0 Å². The Kier molecular flexibility index (Phi) is 2.16. The van der Waals surface area contributed by atoms with Gasteiger partial charge in [-0.1, -0.05) is 6.92 Å². The average molecular weight is 184 g/mol. The first kappa shape index (κ1) is 9.47. The molecule has 1 unspecified atom stereocenters. The van der Waals surface area contributed by atoms with Gasteiger partial charge in [0.25, 0.3) is 0 Å². The normalized spacial score (nSPS) is 32.5. The molecule has 2 heteroatoms. The lowest BCUT2D eigenvalue weighted by atomic mass is 9.66. The summed E-state index contributed by atoms with van der Waals surface area (Å²) in [6, 6.07) is 0. The summed E-state index contributed by atoms with van der Waals surface area (Å²) in [4.78, 5) is 0. The van der Waals surface area contributed by atoms with E-state index >= 15 is 0 Å². The number of hydrogen-bond acceptors (Lipinski definition) is 2. The first-order chi connectivity index (χ1) is 6.11. The van der Waals surface area contributed by atoms with Gasteiger partial charge in [0.15, 0.2) is 0 Å². The van der Waals surface area contributed by atoms with Crippen LogP contribution in [-0.4, -0.2) is 24.4 Å². The summed E-state index contributed by atoms with van der Waals surface area (Å²) in [7, 11) is 0. The van der Waals surface area contributed by atoms with E-state index in [1.54, 1.807) is 0 Å². The Morgan fingerprint density at radius 2 is 1.69 bits per heavy atom. The first-order valence-corrected chi connectivity index (χ1v) is 5.37. The molecule has 0 aromatic carbocycles. The molecule has 0 amide bonds. The number of rotatable bonds is 2. The minimum atomic E-state index is -0.143. The molecule has 76 valence electrons. The zero-order valence-electron chi connectivity index (χ0n) is 8.68. The van der Waals surface area contributed by atoms with Crippen LogP contribution in [0.1, 0.15) is 39.5 Å². The van der Waals surface area contributed by atoms with E-state index in [2.05, 4.69) is 6.92 Å². The zero-order valence-corrected chi connectivity index (χ0v) is 8.68. The molecule has 1 N–H and O–H groups in total. The zero-order chi connectivity index (χ0) is 9.53. The topological polar surface area (TPSA) is 29.5 Å². The highest BCUT2D eigenvalue weighted by molar-refractivity contribution is 5.08. The summed E-state index contributed by atoms with van der Waals surface area (Å²) in [5.41, 5.74) is 0.566. The van der Waals surface area contributed by atoms with Crippen LogP contribution in [0.4, 0.5) is 0 Å². The molecule has 0 aromatic heterocycles. The van der Waals surface area contributed by atoms with Crippen LogP contribution in [0.15, 0.2) is 0 Å². The summed E-state index contributed by atoms with van der Waals surface area (Å²) in [5, 5.41) is 9.82. The van der Waals surface area contributed by atoms with E-state index in [-0.39, 0.29) is 11.5 Å². The third kappa shape index (κ3) is 1.31. The molecule has 0 bridgehead atoms. The predicted molar refractivity (Wildman–Crippen MR) is 51.5 cm³/mol. The van der Waals surface area contributed by atoms with Gasteiger partial charge >= 0.3 is 0 Å². The Morgan fingerprint density at radius 1 is 1.15 bits per heavy atom. The molecule has 1 heterocycles. The third-order valence-electron chi connectivity index (χ3n) is 4.39. The highest BCUT2D eigenvalue weighted by Gasteiger charge is 2.59. The molecule has 0 aromatic rings. The Morgan fingerprint density at radius 3 is 2.08 bits per heavy atom. The molecule has 2 rings (SSSR count). The van der Waals surface area contributed by atoms with Crippen LogP contribution in [0.2, 0.25) is 0 Å². The van der Waals surface area contributed by atoms with E-state index in [0.29, 0.717) is 5.41 Å². The largest absolute Gasteiger partial charge is 0.393 e. The summed E-state index contributed by atoms with van der Waals surface area (Å²) in [6.07, 6.45) is 4.52. The van der Waals surface area contributed by atoms with E-state index in [1.807, 2.05) is 6.92 Å². The Labute approximate surface area is 80.3 Å².